The van der Waals surface area contributed by atoms with Crippen molar-refractivity contribution in [3.63, 3.8) is 0 Å². The first kappa shape index (κ1) is 60.6. The Bertz CT molecular complexity index is 2690. The second kappa shape index (κ2) is 27.0. The van der Waals surface area contributed by atoms with Gasteiger partial charge in [-0.25, -0.2) is 9.97 Å². The highest BCUT2D eigenvalue weighted by Crippen LogP contribution is 2.45. The van der Waals surface area contributed by atoms with Crippen molar-refractivity contribution in [1.82, 2.24) is 40.6 Å². The maximum Gasteiger partial charge on any atom is 0.272 e. The molecule has 5 N–H and O–H groups in total. The number of aromatic nitrogens is 2. The van der Waals surface area contributed by atoms with Gasteiger partial charge in [-0.2, -0.15) is 0 Å². The van der Waals surface area contributed by atoms with Crippen molar-refractivity contribution < 1.29 is 62.5 Å². The summed E-state index contributed by atoms with van der Waals surface area (Å²) < 4.78 is 11.3. The predicted octanol–water partition coefficient (Wildman–Crippen LogP) is 4.18. The number of likely N-dealkylation sites (tertiary alicyclic amines) is 2. The lowest BCUT2D eigenvalue weighted by Crippen LogP contribution is -2.57. The van der Waals surface area contributed by atoms with Gasteiger partial charge in [-0.3, -0.25) is 57.7 Å². The summed E-state index contributed by atoms with van der Waals surface area (Å²) >= 11 is 0. The molecule has 22 nitrogen and oxygen atoms in total. The third-order valence-electron chi connectivity index (χ3n) is 17.1. The van der Waals surface area contributed by atoms with E-state index in [2.05, 4.69) is 31.2 Å². The Labute approximate surface area is 473 Å². The lowest BCUT2D eigenvalue weighted by Gasteiger charge is -2.37. The number of anilines is 1. The fourth-order valence-electron chi connectivity index (χ4n) is 12.4. The molecule has 8 atom stereocenters. The molecule has 2 unspecified atom stereocenters. The van der Waals surface area contributed by atoms with Crippen LogP contribution in [-0.4, -0.2) is 171 Å². The number of rotatable bonds is 27. The Hall–Kier alpha value is -6.52. The van der Waals surface area contributed by atoms with Crippen LogP contribution in [0, 0.1) is 29.1 Å². The van der Waals surface area contributed by atoms with E-state index in [1.54, 1.807) is 17.0 Å². The van der Waals surface area contributed by atoms with Crippen molar-refractivity contribution in [3.05, 3.63) is 53.1 Å². The highest BCUT2D eigenvalue weighted by atomic mass is 16.5. The topological polar surface area (TPSA) is 293 Å². The van der Waals surface area contributed by atoms with E-state index in [4.69, 9.17) is 9.47 Å². The summed E-state index contributed by atoms with van der Waals surface area (Å²) in [5.74, 6) is -5.57. The first-order chi connectivity index (χ1) is 38.8. The van der Waals surface area contributed by atoms with Gasteiger partial charge in [0, 0.05) is 63.7 Å². The maximum atomic E-state index is 15.0. The predicted molar refractivity (Wildman–Crippen MR) is 294 cm³/mol. The molecule has 0 bridgehead atoms. The fraction of sp³-hybridized carbons (Fsp3) is 0.661. The molecular formula is C59H81N9O13. The lowest BCUT2D eigenvalue weighted by molar-refractivity contribution is -0.149. The number of imide groups is 2. The van der Waals surface area contributed by atoms with Crippen LogP contribution in [0.5, 0.6) is 0 Å². The van der Waals surface area contributed by atoms with E-state index in [-0.39, 0.29) is 122 Å². The van der Waals surface area contributed by atoms with E-state index in [0.29, 0.717) is 50.9 Å². The Morgan fingerprint density at radius 1 is 0.827 bits per heavy atom. The van der Waals surface area contributed by atoms with Gasteiger partial charge in [0.25, 0.3) is 29.5 Å². The van der Waals surface area contributed by atoms with Gasteiger partial charge in [0.1, 0.15) is 23.5 Å². The summed E-state index contributed by atoms with van der Waals surface area (Å²) in [5, 5.41) is 23.0. The number of carbonyl (C=O) groups is 10. The SMILES string of the molecule is CCC[C@H](NC(=O)[C@@H]1[C@H]2CCC[C@H]2CN1C(=O)[C@@H](CC(=O)[C@@H](NC(=O)c1cnc(C(=O)CCCOCCOCCNc2cccc3c2C(=O)N(C2CCC(=O)N(C)C2=O)C3=O)cn1)C1CCCCC1)C(C)(C)C)C(O)C(=O)NC1CC1. The number of likely N-dealkylation sites (N-methyl/N-ethyl adjacent to an activating group) is 1. The van der Waals surface area contributed by atoms with Gasteiger partial charge in [-0.05, 0) is 93.1 Å². The van der Waals surface area contributed by atoms with Gasteiger partial charge < -0.3 is 40.7 Å². The average Bonchev–Trinajstić information content (AvgIpc) is 3.97. The van der Waals surface area contributed by atoms with E-state index in [1.807, 2.05) is 27.7 Å². The standard InChI is InChI=1S/C59H81N9O13/c1-6-13-41(51(72)54(75)63-36-21-22-36)64-53(74)50-37-17-10-16-35(37)33-67(50)56(77)39(59(2,3)4)30-46(70)49(34-14-8-7-9-15-34)65-52(73)43-32-61-42(31-62-43)45(69)20-12-26-80-28-29-81-27-25-60-40-19-11-18-38-48(40)58(79)68(55(38)76)44-23-24-47(71)66(5)57(44)78/h11,18-19,31-32,34-37,39,41,44,49-51,60,72H,6-10,12-17,20-30,33H2,1-5H3,(H,63,75)(H,64,74)(H,65,73)/t35-,37-,39+,41-,44?,49-,50-,51?/m0/s1. The number of hydrogen-bond acceptors (Lipinski definition) is 16. The van der Waals surface area contributed by atoms with Crippen LogP contribution < -0.4 is 21.3 Å². The van der Waals surface area contributed by atoms with Gasteiger partial charge in [0.05, 0.1) is 55.4 Å². The zero-order valence-corrected chi connectivity index (χ0v) is 47.5. The van der Waals surface area contributed by atoms with E-state index in [1.165, 1.54) is 25.5 Å². The number of carbonyl (C=O) groups excluding carboxylic acids is 10. The minimum Gasteiger partial charge on any atom is -0.382 e. The molecule has 1 aromatic carbocycles. The third-order valence-corrected chi connectivity index (χ3v) is 17.1. The van der Waals surface area contributed by atoms with E-state index in [0.717, 1.165) is 61.2 Å². The number of amides is 8. The number of benzene rings is 1. The molecular weight excluding hydrogens is 1040 g/mol. The summed E-state index contributed by atoms with van der Waals surface area (Å²) in [4.78, 5) is 148. The summed E-state index contributed by atoms with van der Waals surface area (Å²) in [7, 11) is 1.34. The van der Waals surface area contributed by atoms with Crippen molar-refractivity contribution in [2.75, 3.05) is 51.9 Å². The molecule has 22 heteroatoms. The number of nitrogens with zero attached hydrogens (tertiary/aromatic N) is 5. The number of aliphatic hydroxyl groups excluding tert-OH is 1. The van der Waals surface area contributed by atoms with Crippen molar-refractivity contribution in [1.29, 1.82) is 0 Å². The number of ketones is 2. The van der Waals surface area contributed by atoms with Crippen LogP contribution in [0.3, 0.4) is 0 Å². The van der Waals surface area contributed by atoms with Crippen molar-refractivity contribution >= 4 is 64.5 Å². The van der Waals surface area contributed by atoms with Crippen LogP contribution in [0.25, 0.3) is 0 Å². The molecule has 1 aromatic heterocycles. The van der Waals surface area contributed by atoms with Crippen LogP contribution in [0.4, 0.5) is 5.69 Å². The van der Waals surface area contributed by atoms with Gasteiger partial charge >= 0.3 is 0 Å². The van der Waals surface area contributed by atoms with Gasteiger partial charge in [0.15, 0.2) is 17.7 Å². The molecule has 0 spiro atoms. The molecule has 0 radical (unpaired) electrons. The molecule has 8 rings (SSSR count). The quantitative estimate of drug-likeness (QED) is 0.0476. The average molecular weight is 1120 g/mol. The minimum atomic E-state index is -1.44. The number of piperidine rings is 1. The number of aliphatic hydroxyl groups is 1. The van der Waals surface area contributed by atoms with E-state index < -0.39 is 77.0 Å². The maximum absolute atomic E-state index is 15.0. The Morgan fingerprint density at radius 3 is 2.23 bits per heavy atom. The molecule has 4 heterocycles. The molecule has 3 aliphatic carbocycles. The van der Waals surface area contributed by atoms with Crippen LogP contribution in [0.15, 0.2) is 30.6 Å². The smallest absolute Gasteiger partial charge is 0.272 e. The molecule has 81 heavy (non-hydrogen) atoms. The minimum absolute atomic E-state index is 0.0382. The third kappa shape index (κ3) is 14.4. The summed E-state index contributed by atoms with van der Waals surface area (Å²) in [6.45, 7) is 9.29. The second-order valence-corrected chi connectivity index (χ2v) is 23.9. The Morgan fingerprint density at radius 2 is 1.54 bits per heavy atom. The molecule has 3 aliphatic heterocycles. The molecule has 2 aromatic rings. The van der Waals surface area contributed by atoms with Crippen LogP contribution in [0.2, 0.25) is 0 Å². The van der Waals surface area contributed by atoms with Crippen LogP contribution in [0.1, 0.15) is 179 Å². The fourth-order valence-corrected chi connectivity index (χ4v) is 12.4. The molecule has 8 amide bonds. The first-order valence-electron chi connectivity index (χ1n) is 29.3. The number of nitrogens with one attached hydrogen (secondary N) is 4. The summed E-state index contributed by atoms with van der Waals surface area (Å²) in [6, 6.07) is 1.26. The zero-order valence-electron chi connectivity index (χ0n) is 47.5. The highest BCUT2D eigenvalue weighted by molar-refractivity contribution is 6.25. The number of hydrogen-bond donors (Lipinski definition) is 5. The largest absolute Gasteiger partial charge is 0.382 e. The Kier molecular flexibility index (Phi) is 20.2. The zero-order chi connectivity index (χ0) is 58.1. The summed E-state index contributed by atoms with van der Waals surface area (Å²) in [5.41, 5.74) is 0.0525. The molecule has 5 fully saturated rings. The Balaban J connectivity index is 0.792. The van der Waals surface area contributed by atoms with Crippen molar-refractivity contribution in [2.24, 2.45) is 29.1 Å². The van der Waals surface area contributed by atoms with Gasteiger partial charge in [-0.15, -0.1) is 0 Å². The highest BCUT2D eigenvalue weighted by Gasteiger charge is 2.53. The van der Waals surface area contributed by atoms with Crippen molar-refractivity contribution in [2.45, 2.75) is 173 Å². The van der Waals surface area contributed by atoms with Crippen molar-refractivity contribution in [3.8, 4) is 0 Å². The van der Waals surface area contributed by atoms with Gasteiger partial charge in [-0.1, -0.05) is 65.9 Å². The van der Waals surface area contributed by atoms with Crippen LogP contribution in [-0.2, 0) is 38.2 Å². The second-order valence-electron chi connectivity index (χ2n) is 23.9. The monoisotopic (exact) mass is 1120 g/mol. The van der Waals surface area contributed by atoms with Gasteiger partial charge in [0.2, 0.25) is 17.7 Å². The number of Topliss-reactive ketones (excluding diaryl/α,β-unsaturated/α-hetero) is 2. The molecule has 440 valence electrons. The molecule has 2 saturated heterocycles. The van der Waals surface area contributed by atoms with Crippen LogP contribution >= 0.6 is 0 Å². The normalized spacial score (nSPS) is 22.7. The molecule has 3 saturated carbocycles. The number of fused-ring (bicyclic) bond motifs is 2. The lowest BCUT2D eigenvalue weighted by atomic mass is 9.74. The summed E-state index contributed by atoms with van der Waals surface area (Å²) in [6.07, 6.45) is 10.9. The van der Waals surface area contributed by atoms with E-state index in [9.17, 15) is 53.1 Å². The van der Waals surface area contributed by atoms with E-state index >= 15 is 0 Å². The number of ether oxygens (including phenoxy) is 2. The molecule has 6 aliphatic rings. The first-order valence-corrected chi connectivity index (χ1v) is 29.3.